The summed E-state index contributed by atoms with van der Waals surface area (Å²) >= 11 is 0. The fourth-order valence-corrected chi connectivity index (χ4v) is 2.24. The summed E-state index contributed by atoms with van der Waals surface area (Å²) in [5, 5.41) is 7.91. The van der Waals surface area contributed by atoms with Gasteiger partial charge in [-0.3, -0.25) is 4.98 Å². The van der Waals surface area contributed by atoms with Gasteiger partial charge in [0.05, 0.1) is 23.9 Å². The molecule has 0 radical (unpaired) electrons. The van der Waals surface area contributed by atoms with Gasteiger partial charge in [0.15, 0.2) is 5.82 Å². The Morgan fingerprint density at radius 1 is 1.25 bits per heavy atom. The lowest BCUT2D eigenvalue weighted by Crippen LogP contribution is -2.32. The highest BCUT2D eigenvalue weighted by molar-refractivity contribution is 5.80. The first-order valence-electron chi connectivity index (χ1n) is 7.63. The summed E-state index contributed by atoms with van der Waals surface area (Å²) in [5.74, 6) is 0.595. The first-order valence-corrected chi connectivity index (χ1v) is 7.63. The molecule has 2 heterocycles. The molecule has 0 saturated carbocycles. The number of ether oxygens (including phenoxy) is 1. The molecule has 3 aromatic rings. The average molecular weight is 325 g/mol. The largest absolute Gasteiger partial charge is 0.444 e. The van der Waals surface area contributed by atoms with Crippen molar-refractivity contribution in [2.24, 2.45) is 0 Å². The summed E-state index contributed by atoms with van der Waals surface area (Å²) in [6.07, 6.45) is 2.68. The lowest BCUT2D eigenvalue weighted by Gasteiger charge is -2.19. The number of para-hydroxylation sites is 1. The van der Waals surface area contributed by atoms with Gasteiger partial charge >= 0.3 is 6.09 Å². The molecule has 2 aromatic heterocycles. The molecule has 0 saturated heterocycles. The van der Waals surface area contributed by atoms with Crippen LogP contribution >= 0.6 is 0 Å². The van der Waals surface area contributed by atoms with Gasteiger partial charge in [-0.1, -0.05) is 18.2 Å². The first-order chi connectivity index (χ1) is 11.4. The number of fused-ring (bicyclic) bond motifs is 1. The molecule has 124 valence electrons. The van der Waals surface area contributed by atoms with Crippen LogP contribution in [0.3, 0.4) is 0 Å². The Hall–Kier alpha value is -2.96. The van der Waals surface area contributed by atoms with Crippen molar-refractivity contribution >= 4 is 17.0 Å². The fourth-order valence-electron chi connectivity index (χ4n) is 2.24. The second-order valence-electron chi connectivity index (χ2n) is 6.33. The van der Waals surface area contributed by atoms with Crippen molar-refractivity contribution in [3.8, 4) is 5.69 Å². The number of nitrogens with one attached hydrogen (secondary N) is 1. The van der Waals surface area contributed by atoms with Gasteiger partial charge in [-0.2, -0.15) is 5.10 Å². The van der Waals surface area contributed by atoms with Crippen molar-refractivity contribution in [3.63, 3.8) is 0 Å². The quantitative estimate of drug-likeness (QED) is 0.801. The van der Waals surface area contributed by atoms with Gasteiger partial charge in [0, 0.05) is 5.39 Å². The molecule has 0 atom stereocenters. The van der Waals surface area contributed by atoms with E-state index in [1.807, 2.05) is 51.1 Å². The molecular formula is C17H19N5O2. The number of nitrogens with zero attached hydrogens (tertiary/aromatic N) is 4. The van der Waals surface area contributed by atoms with Crippen LogP contribution in [0.2, 0.25) is 0 Å². The minimum absolute atomic E-state index is 0.210. The topological polar surface area (TPSA) is 81.9 Å². The maximum atomic E-state index is 11.8. The Bertz CT molecular complexity index is 867. The molecule has 7 nitrogen and oxygen atoms in total. The van der Waals surface area contributed by atoms with Crippen LogP contribution in [-0.4, -0.2) is 31.4 Å². The van der Waals surface area contributed by atoms with Crippen LogP contribution in [-0.2, 0) is 11.3 Å². The van der Waals surface area contributed by atoms with Crippen LogP contribution in [0.4, 0.5) is 4.79 Å². The Kier molecular flexibility index (Phi) is 4.16. The standard InChI is InChI=1S/C17H19N5O2/c1-17(2,3)24-16(23)19-10-15-20-11-21-22(15)13-8-12-6-4-5-7-14(12)18-9-13/h4-9,11H,10H2,1-3H3,(H,19,23). The van der Waals surface area contributed by atoms with Gasteiger partial charge in [-0.05, 0) is 32.9 Å². The minimum atomic E-state index is -0.542. The molecule has 0 spiro atoms. The highest BCUT2D eigenvalue weighted by Gasteiger charge is 2.17. The van der Waals surface area contributed by atoms with Gasteiger partial charge in [0.1, 0.15) is 11.9 Å². The molecule has 7 heteroatoms. The molecule has 0 aliphatic rings. The molecule has 0 aliphatic carbocycles. The third-order valence-corrected chi connectivity index (χ3v) is 3.23. The van der Waals surface area contributed by atoms with E-state index in [4.69, 9.17) is 4.74 Å². The van der Waals surface area contributed by atoms with Crippen molar-refractivity contribution < 1.29 is 9.53 Å². The number of benzene rings is 1. The predicted octanol–water partition coefficient (Wildman–Crippen LogP) is 2.84. The number of pyridine rings is 1. The average Bonchev–Trinajstić information content (AvgIpc) is 2.99. The van der Waals surface area contributed by atoms with E-state index in [1.165, 1.54) is 6.33 Å². The Morgan fingerprint density at radius 3 is 2.83 bits per heavy atom. The second-order valence-corrected chi connectivity index (χ2v) is 6.33. The molecule has 0 fully saturated rings. The summed E-state index contributed by atoms with van der Waals surface area (Å²) in [6, 6.07) is 9.82. The number of hydrogen-bond acceptors (Lipinski definition) is 5. The minimum Gasteiger partial charge on any atom is -0.444 e. The predicted molar refractivity (Wildman–Crippen MR) is 89.7 cm³/mol. The third kappa shape index (κ3) is 3.68. The number of carbonyl (C=O) groups is 1. The van der Waals surface area contributed by atoms with Crippen molar-refractivity contribution in [3.05, 3.63) is 48.7 Å². The summed E-state index contributed by atoms with van der Waals surface area (Å²) < 4.78 is 6.87. The lowest BCUT2D eigenvalue weighted by atomic mass is 10.2. The van der Waals surface area contributed by atoms with E-state index in [-0.39, 0.29) is 6.54 Å². The third-order valence-electron chi connectivity index (χ3n) is 3.23. The Labute approximate surface area is 139 Å². The van der Waals surface area contributed by atoms with E-state index >= 15 is 0 Å². The number of rotatable bonds is 3. The molecule has 24 heavy (non-hydrogen) atoms. The van der Waals surface area contributed by atoms with Gasteiger partial charge in [-0.15, -0.1) is 0 Å². The zero-order valence-electron chi connectivity index (χ0n) is 13.9. The van der Waals surface area contributed by atoms with Crippen LogP contribution < -0.4 is 5.32 Å². The highest BCUT2D eigenvalue weighted by Crippen LogP contribution is 2.16. The summed E-state index contributed by atoms with van der Waals surface area (Å²) in [6.45, 7) is 5.66. The smallest absolute Gasteiger partial charge is 0.408 e. The molecule has 0 unspecified atom stereocenters. The number of hydrogen-bond donors (Lipinski definition) is 1. The Balaban J connectivity index is 1.78. The van der Waals surface area contributed by atoms with Crippen LogP contribution in [0.15, 0.2) is 42.9 Å². The SMILES string of the molecule is CC(C)(C)OC(=O)NCc1ncnn1-c1cnc2ccccc2c1. The van der Waals surface area contributed by atoms with Gasteiger partial charge in [0.25, 0.3) is 0 Å². The maximum Gasteiger partial charge on any atom is 0.408 e. The summed E-state index contributed by atoms with van der Waals surface area (Å²) in [4.78, 5) is 20.4. The molecule has 1 aromatic carbocycles. The molecule has 3 rings (SSSR count). The normalized spacial score (nSPS) is 11.5. The monoisotopic (exact) mass is 325 g/mol. The van der Waals surface area contributed by atoms with E-state index in [9.17, 15) is 4.79 Å². The van der Waals surface area contributed by atoms with E-state index in [0.717, 1.165) is 16.6 Å². The molecule has 1 N–H and O–H groups in total. The van der Waals surface area contributed by atoms with Crippen molar-refractivity contribution in [1.29, 1.82) is 0 Å². The van der Waals surface area contributed by atoms with E-state index in [1.54, 1.807) is 10.9 Å². The van der Waals surface area contributed by atoms with Crippen molar-refractivity contribution in [2.75, 3.05) is 0 Å². The van der Waals surface area contributed by atoms with Crippen LogP contribution in [0.5, 0.6) is 0 Å². The molecular weight excluding hydrogens is 306 g/mol. The Morgan fingerprint density at radius 2 is 2.04 bits per heavy atom. The van der Waals surface area contributed by atoms with Gasteiger partial charge < -0.3 is 10.1 Å². The van der Waals surface area contributed by atoms with Gasteiger partial charge in [0.2, 0.25) is 0 Å². The zero-order valence-corrected chi connectivity index (χ0v) is 13.9. The van der Waals surface area contributed by atoms with Crippen LogP contribution in [0.25, 0.3) is 16.6 Å². The molecule has 1 amide bonds. The first kappa shape index (κ1) is 15.9. The van der Waals surface area contributed by atoms with Crippen molar-refractivity contribution in [2.45, 2.75) is 32.9 Å². The molecule has 0 bridgehead atoms. The van der Waals surface area contributed by atoms with E-state index < -0.39 is 11.7 Å². The van der Waals surface area contributed by atoms with E-state index in [0.29, 0.717) is 5.82 Å². The van der Waals surface area contributed by atoms with Crippen LogP contribution in [0, 0.1) is 0 Å². The maximum absolute atomic E-state index is 11.8. The van der Waals surface area contributed by atoms with Crippen LogP contribution in [0.1, 0.15) is 26.6 Å². The zero-order chi connectivity index (χ0) is 17.2. The summed E-state index contributed by atoms with van der Waals surface area (Å²) in [7, 11) is 0. The second kappa shape index (κ2) is 6.27. The lowest BCUT2D eigenvalue weighted by molar-refractivity contribution is 0.0522. The number of alkyl carbamates (subject to hydrolysis) is 1. The highest BCUT2D eigenvalue weighted by atomic mass is 16.6. The van der Waals surface area contributed by atoms with Gasteiger partial charge in [-0.25, -0.2) is 14.5 Å². The number of carbonyl (C=O) groups excluding carboxylic acids is 1. The van der Waals surface area contributed by atoms with Crippen molar-refractivity contribution in [1.82, 2.24) is 25.1 Å². The summed E-state index contributed by atoms with van der Waals surface area (Å²) in [5.41, 5.74) is 1.15. The van der Waals surface area contributed by atoms with E-state index in [2.05, 4.69) is 20.4 Å². The number of amides is 1. The fraction of sp³-hybridized carbons (Fsp3) is 0.294. The number of aromatic nitrogens is 4. The molecule has 0 aliphatic heterocycles.